The van der Waals surface area contributed by atoms with Gasteiger partial charge in [-0.2, -0.15) is 0 Å². The van der Waals surface area contributed by atoms with E-state index in [1.165, 1.54) is 6.42 Å². The summed E-state index contributed by atoms with van der Waals surface area (Å²) in [6.45, 7) is 10.3. The number of ether oxygens (including phenoxy) is 1. The number of nitrogens with zero attached hydrogens (tertiary/aromatic N) is 1. The number of hydrogen-bond donors (Lipinski definition) is 3. The Labute approximate surface area is 135 Å². The van der Waals surface area contributed by atoms with Gasteiger partial charge in [0.1, 0.15) is 0 Å². The lowest BCUT2D eigenvalue weighted by atomic mass is 9.73. The number of hydrogen-bond acceptors (Lipinski definition) is 3. The number of aliphatic hydroxyl groups excluding tert-OH is 1. The van der Waals surface area contributed by atoms with Crippen LogP contribution >= 0.6 is 0 Å². The molecule has 5 nitrogen and oxygen atoms in total. The molecule has 0 aromatic rings. The molecule has 1 rings (SSSR count). The van der Waals surface area contributed by atoms with Crippen LogP contribution in [0.1, 0.15) is 59.3 Å². The van der Waals surface area contributed by atoms with Gasteiger partial charge in [0.2, 0.25) is 0 Å². The predicted molar refractivity (Wildman–Crippen MR) is 92.3 cm³/mol. The molecule has 0 saturated heterocycles. The lowest BCUT2D eigenvalue weighted by molar-refractivity contribution is 0.00716. The summed E-state index contributed by atoms with van der Waals surface area (Å²) in [6.07, 6.45) is 6.22. The highest BCUT2D eigenvalue weighted by atomic mass is 16.5. The fourth-order valence-electron chi connectivity index (χ4n) is 2.85. The minimum Gasteiger partial charge on any atom is -0.392 e. The van der Waals surface area contributed by atoms with E-state index in [9.17, 15) is 5.11 Å². The van der Waals surface area contributed by atoms with Gasteiger partial charge in [-0.3, -0.25) is 4.99 Å². The zero-order valence-electron chi connectivity index (χ0n) is 14.7. The standard InChI is InChI=1S/C17H35N3O2/c1-4-18-16(19-12-8-9-13-22-5-2)20-14-17(3)11-7-6-10-15(17)21/h15,21H,4-14H2,1-3H3,(H2,18,19,20). The van der Waals surface area contributed by atoms with Crippen LogP contribution in [0.25, 0.3) is 0 Å². The highest BCUT2D eigenvalue weighted by Crippen LogP contribution is 2.36. The minimum absolute atomic E-state index is 0.0738. The van der Waals surface area contributed by atoms with Crippen LogP contribution in [0.5, 0.6) is 0 Å². The number of aliphatic hydroxyl groups is 1. The minimum atomic E-state index is -0.223. The van der Waals surface area contributed by atoms with Crippen molar-refractivity contribution in [1.29, 1.82) is 0 Å². The fraction of sp³-hybridized carbons (Fsp3) is 0.941. The summed E-state index contributed by atoms with van der Waals surface area (Å²) in [7, 11) is 0. The summed E-state index contributed by atoms with van der Waals surface area (Å²) < 4.78 is 5.34. The maximum atomic E-state index is 10.2. The molecule has 1 aliphatic carbocycles. The highest BCUT2D eigenvalue weighted by molar-refractivity contribution is 5.79. The molecule has 0 amide bonds. The largest absolute Gasteiger partial charge is 0.392 e. The van der Waals surface area contributed by atoms with Crippen molar-refractivity contribution in [3.05, 3.63) is 0 Å². The SMILES string of the molecule is CCNC(=NCC1(C)CCCCC1O)NCCCCOCC. The Bertz CT molecular complexity index is 323. The second-order valence-corrected chi connectivity index (χ2v) is 6.44. The van der Waals surface area contributed by atoms with Crippen molar-refractivity contribution in [2.45, 2.75) is 65.4 Å². The van der Waals surface area contributed by atoms with Crippen LogP contribution in [-0.4, -0.2) is 50.0 Å². The van der Waals surface area contributed by atoms with Crippen LogP contribution in [0.2, 0.25) is 0 Å². The van der Waals surface area contributed by atoms with Gasteiger partial charge in [-0.25, -0.2) is 0 Å². The lowest BCUT2D eigenvalue weighted by Crippen LogP contribution is -2.42. The van der Waals surface area contributed by atoms with Crippen molar-refractivity contribution in [2.75, 3.05) is 32.8 Å². The van der Waals surface area contributed by atoms with E-state index in [2.05, 4.69) is 24.5 Å². The lowest BCUT2D eigenvalue weighted by Gasteiger charge is -2.37. The molecule has 0 aliphatic heterocycles. The number of aliphatic imine (C=N–C) groups is 1. The Morgan fingerprint density at radius 3 is 2.77 bits per heavy atom. The van der Waals surface area contributed by atoms with E-state index >= 15 is 0 Å². The molecule has 5 heteroatoms. The molecule has 2 unspecified atom stereocenters. The Morgan fingerprint density at radius 2 is 2.09 bits per heavy atom. The highest BCUT2D eigenvalue weighted by Gasteiger charge is 2.35. The number of nitrogens with one attached hydrogen (secondary N) is 2. The van der Waals surface area contributed by atoms with Gasteiger partial charge in [-0.05, 0) is 39.5 Å². The Hall–Kier alpha value is -0.810. The summed E-state index contributed by atoms with van der Waals surface area (Å²) in [5, 5.41) is 16.9. The molecule has 22 heavy (non-hydrogen) atoms. The maximum Gasteiger partial charge on any atom is 0.191 e. The van der Waals surface area contributed by atoms with Gasteiger partial charge >= 0.3 is 0 Å². The second kappa shape index (κ2) is 10.8. The van der Waals surface area contributed by atoms with E-state index in [-0.39, 0.29) is 11.5 Å². The van der Waals surface area contributed by atoms with Gasteiger partial charge in [-0.15, -0.1) is 0 Å². The molecule has 0 aromatic carbocycles. The third-order valence-corrected chi connectivity index (χ3v) is 4.43. The quantitative estimate of drug-likeness (QED) is 0.347. The molecule has 1 aliphatic rings. The molecule has 1 saturated carbocycles. The van der Waals surface area contributed by atoms with Gasteiger partial charge in [0.25, 0.3) is 0 Å². The van der Waals surface area contributed by atoms with Crippen LogP contribution in [0.15, 0.2) is 4.99 Å². The van der Waals surface area contributed by atoms with Crippen molar-refractivity contribution in [2.24, 2.45) is 10.4 Å². The zero-order chi connectivity index (χ0) is 16.3. The molecule has 0 bridgehead atoms. The summed E-state index contributed by atoms with van der Waals surface area (Å²) in [5.74, 6) is 0.859. The van der Waals surface area contributed by atoms with Crippen LogP contribution in [0, 0.1) is 5.41 Å². The van der Waals surface area contributed by atoms with Gasteiger partial charge < -0.3 is 20.5 Å². The first kappa shape index (κ1) is 19.2. The van der Waals surface area contributed by atoms with Crippen LogP contribution in [0.4, 0.5) is 0 Å². The summed E-state index contributed by atoms with van der Waals surface area (Å²) >= 11 is 0. The molecule has 0 spiro atoms. The van der Waals surface area contributed by atoms with Crippen molar-refractivity contribution < 1.29 is 9.84 Å². The Kier molecular flexibility index (Phi) is 9.48. The average molecular weight is 313 g/mol. The molecular weight excluding hydrogens is 278 g/mol. The van der Waals surface area contributed by atoms with Gasteiger partial charge in [0.05, 0.1) is 12.6 Å². The van der Waals surface area contributed by atoms with Crippen molar-refractivity contribution >= 4 is 5.96 Å². The van der Waals surface area contributed by atoms with E-state index in [0.717, 1.165) is 64.4 Å². The molecule has 0 aromatic heterocycles. The van der Waals surface area contributed by atoms with Crippen molar-refractivity contribution in [3.63, 3.8) is 0 Å². The van der Waals surface area contributed by atoms with E-state index in [4.69, 9.17) is 9.73 Å². The number of rotatable bonds is 9. The van der Waals surface area contributed by atoms with Crippen LogP contribution in [-0.2, 0) is 4.74 Å². The third-order valence-electron chi connectivity index (χ3n) is 4.43. The predicted octanol–water partition coefficient (Wildman–Crippen LogP) is 2.30. The molecule has 3 N–H and O–H groups in total. The van der Waals surface area contributed by atoms with Gasteiger partial charge in [0, 0.05) is 31.7 Å². The first-order valence-corrected chi connectivity index (χ1v) is 8.90. The first-order valence-electron chi connectivity index (χ1n) is 8.90. The second-order valence-electron chi connectivity index (χ2n) is 6.44. The van der Waals surface area contributed by atoms with E-state index in [1.807, 2.05) is 6.92 Å². The van der Waals surface area contributed by atoms with E-state index in [0.29, 0.717) is 6.54 Å². The van der Waals surface area contributed by atoms with E-state index < -0.39 is 0 Å². The molecule has 2 atom stereocenters. The van der Waals surface area contributed by atoms with Crippen LogP contribution < -0.4 is 10.6 Å². The Morgan fingerprint density at radius 1 is 1.27 bits per heavy atom. The first-order chi connectivity index (χ1) is 10.6. The van der Waals surface area contributed by atoms with E-state index in [1.54, 1.807) is 0 Å². The maximum absolute atomic E-state index is 10.2. The van der Waals surface area contributed by atoms with Crippen molar-refractivity contribution in [3.8, 4) is 0 Å². The monoisotopic (exact) mass is 313 g/mol. The summed E-state index contributed by atoms with van der Waals surface area (Å²) in [5.41, 5.74) is -0.0738. The molecule has 1 fully saturated rings. The Balaban J connectivity index is 2.37. The molecule has 0 heterocycles. The topological polar surface area (TPSA) is 65.9 Å². The fourth-order valence-corrected chi connectivity index (χ4v) is 2.85. The summed E-state index contributed by atoms with van der Waals surface area (Å²) in [4.78, 5) is 4.70. The van der Waals surface area contributed by atoms with Gasteiger partial charge in [0.15, 0.2) is 5.96 Å². The summed E-state index contributed by atoms with van der Waals surface area (Å²) in [6, 6.07) is 0. The van der Waals surface area contributed by atoms with Crippen LogP contribution in [0.3, 0.4) is 0 Å². The molecule has 130 valence electrons. The number of unbranched alkanes of at least 4 members (excludes halogenated alkanes) is 1. The van der Waals surface area contributed by atoms with Crippen molar-refractivity contribution in [1.82, 2.24) is 10.6 Å². The molecular formula is C17H35N3O2. The normalized spacial score (nSPS) is 26.0. The molecule has 0 radical (unpaired) electrons. The van der Waals surface area contributed by atoms with Gasteiger partial charge in [-0.1, -0.05) is 19.8 Å². The zero-order valence-corrected chi connectivity index (χ0v) is 14.7. The number of guanidine groups is 1. The third kappa shape index (κ3) is 6.97. The smallest absolute Gasteiger partial charge is 0.191 e. The average Bonchev–Trinajstić information content (AvgIpc) is 2.51.